The Morgan fingerprint density at radius 2 is 2.04 bits per heavy atom. The number of benzene rings is 1. The van der Waals surface area contributed by atoms with Crippen LogP contribution < -0.4 is 4.74 Å². The van der Waals surface area contributed by atoms with Crippen LogP contribution in [0.1, 0.15) is 34.3 Å². The van der Waals surface area contributed by atoms with Crippen molar-refractivity contribution in [2.75, 3.05) is 20.2 Å². The van der Waals surface area contributed by atoms with Gasteiger partial charge < -0.3 is 14.2 Å². The maximum absolute atomic E-state index is 13.1. The summed E-state index contributed by atoms with van der Waals surface area (Å²) < 4.78 is 9.32. The highest BCUT2D eigenvalue weighted by molar-refractivity contribution is 5.99. The summed E-state index contributed by atoms with van der Waals surface area (Å²) in [6.07, 6.45) is 0.936. The molecule has 0 N–H and O–H groups in total. The van der Waals surface area contributed by atoms with Gasteiger partial charge in [0.05, 0.1) is 24.4 Å². The van der Waals surface area contributed by atoms with Crippen molar-refractivity contribution in [1.29, 1.82) is 0 Å². The van der Waals surface area contributed by atoms with Crippen LogP contribution >= 0.6 is 0 Å². The van der Waals surface area contributed by atoms with Crippen molar-refractivity contribution < 1.29 is 9.53 Å². The van der Waals surface area contributed by atoms with Crippen molar-refractivity contribution >= 4 is 16.8 Å². The van der Waals surface area contributed by atoms with Gasteiger partial charge in [-0.15, -0.1) is 0 Å². The molecule has 0 unspecified atom stereocenters. The molecule has 2 aromatic heterocycles. The third-order valence-electron chi connectivity index (χ3n) is 5.31. The molecule has 1 atom stereocenters. The highest BCUT2D eigenvalue weighted by Crippen LogP contribution is 2.28. The zero-order chi connectivity index (χ0) is 18.4. The molecule has 1 aliphatic heterocycles. The quantitative estimate of drug-likeness (QED) is 0.728. The van der Waals surface area contributed by atoms with E-state index in [1.165, 1.54) is 0 Å². The number of nitrogens with zero attached hydrogens (tertiary/aromatic N) is 4. The molecule has 1 aliphatic rings. The molecule has 1 fully saturated rings. The first-order valence-electron chi connectivity index (χ1n) is 8.93. The van der Waals surface area contributed by atoms with Crippen molar-refractivity contribution in [3.8, 4) is 5.75 Å². The van der Waals surface area contributed by atoms with Crippen molar-refractivity contribution in [2.45, 2.75) is 26.3 Å². The van der Waals surface area contributed by atoms with Gasteiger partial charge in [0.15, 0.2) is 0 Å². The van der Waals surface area contributed by atoms with E-state index in [2.05, 4.69) is 22.8 Å². The standard InChI is InChI=1S/C20H24N4O2/c1-13-9-14(2)24(21-13)16-7-8-23(12-16)20(25)19-10-15-5-6-17(26-4)11-18(15)22(19)3/h5-6,9-11,16H,7-8,12H2,1-4H3/t16-/m1/s1. The molecule has 6 nitrogen and oxygen atoms in total. The molecular weight excluding hydrogens is 328 g/mol. The van der Waals surface area contributed by atoms with Gasteiger partial charge in [-0.2, -0.15) is 5.10 Å². The largest absolute Gasteiger partial charge is 0.497 e. The lowest BCUT2D eigenvalue weighted by molar-refractivity contribution is 0.0778. The number of fused-ring (bicyclic) bond motifs is 1. The fraction of sp³-hybridized carbons (Fsp3) is 0.400. The van der Waals surface area contributed by atoms with Crippen molar-refractivity contribution in [3.05, 3.63) is 47.4 Å². The van der Waals surface area contributed by atoms with E-state index in [0.717, 1.165) is 41.0 Å². The number of aromatic nitrogens is 3. The van der Waals surface area contributed by atoms with Crippen LogP contribution in [0.2, 0.25) is 0 Å². The first kappa shape index (κ1) is 16.7. The Bertz CT molecular complexity index is 985. The van der Waals surface area contributed by atoms with E-state index in [0.29, 0.717) is 12.2 Å². The molecule has 1 aromatic carbocycles. The van der Waals surface area contributed by atoms with E-state index in [1.54, 1.807) is 7.11 Å². The van der Waals surface area contributed by atoms with Gasteiger partial charge in [-0.05, 0) is 44.5 Å². The lowest BCUT2D eigenvalue weighted by Gasteiger charge is -2.18. The van der Waals surface area contributed by atoms with Gasteiger partial charge >= 0.3 is 0 Å². The zero-order valence-electron chi connectivity index (χ0n) is 15.7. The number of hydrogen-bond acceptors (Lipinski definition) is 3. The molecule has 1 saturated heterocycles. The lowest BCUT2D eigenvalue weighted by Crippen LogP contribution is -2.30. The molecule has 3 heterocycles. The summed E-state index contributed by atoms with van der Waals surface area (Å²) >= 11 is 0. The van der Waals surface area contributed by atoms with Gasteiger partial charge in [0.25, 0.3) is 5.91 Å². The minimum absolute atomic E-state index is 0.0756. The molecule has 0 spiro atoms. The molecule has 1 amide bonds. The number of carbonyl (C=O) groups is 1. The smallest absolute Gasteiger partial charge is 0.270 e. The molecule has 3 aromatic rings. The molecule has 0 aliphatic carbocycles. The molecule has 4 rings (SSSR count). The number of ether oxygens (including phenoxy) is 1. The van der Waals surface area contributed by atoms with Gasteiger partial charge in [0.1, 0.15) is 11.4 Å². The minimum Gasteiger partial charge on any atom is -0.497 e. The Morgan fingerprint density at radius 3 is 2.73 bits per heavy atom. The van der Waals surface area contributed by atoms with Crippen LogP contribution in [0, 0.1) is 13.8 Å². The summed E-state index contributed by atoms with van der Waals surface area (Å²) in [4.78, 5) is 15.0. The Labute approximate surface area is 153 Å². The normalized spacial score (nSPS) is 17.2. The summed E-state index contributed by atoms with van der Waals surface area (Å²) in [5.41, 5.74) is 3.89. The number of hydrogen-bond donors (Lipinski definition) is 0. The second-order valence-electron chi connectivity index (χ2n) is 7.08. The average Bonchev–Trinajstić information content (AvgIpc) is 3.32. The third kappa shape index (κ3) is 2.66. The second-order valence-corrected chi connectivity index (χ2v) is 7.08. The van der Waals surface area contributed by atoms with Gasteiger partial charge in [0, 0.05) is 37.3 Å². The fourth-order valence-electron chi connectivity index (χ4n) is 3.95. The maximum atomic E-state index is 13.1. The van der Waals surface area contributed by atoms with Crippen molar-refractivity contribution in [2.24, 2.45) is 7.05 Å². The highest BCUT2D eigenvalue weighted by atomic mass is 16.5. The van der Waals surface area contributed by atoms with E-state index >= 15 is 0 Å². The number of carbonyl (C=O) groups excluding carboxylic acids is 1. The Hall–Kier alpha value is -2.76. The number of likely N-dealkylation sites (tertiary alicyclic amines) is 1. The molecule has 136 valence electrons. The van der Waals surface area contributed by atoms with E-state index in [-0.39, 0.29) is 11.9 Å². The summed E-state index contributed by atoms with van der Waals surface area (Å²) in [5.74, 6) is 0.871. The highest BCUT2D eigenvalue weighted by Gasteiger charge is 2.30. The summed E-state index contributed by atoms with van der Waals surface area (Å²) in [6.45, 7) is 5.53. The SMILES string of the molecule is COc1ccc2cc(C(=O)N3CC[C@@H](n4nc(C)cc4C)C3)n(C)c2c1. The zero-order valence-corrected chi connectivity index (χ0v) is 15.7. The number of rotatable bonds is 3. The van der Waals surface area contributed by atoms with E-state index < -0.39 is 0 Å². The topological polar surface area (TPSA) is 52.3 Å². The molecule has 0 radical (unpaired) electrons. The maximum Gasteiger partial charge on any atom is 0.270 e. The van der Waals surface area contributed by atoms with Crippen LogP contribution in [0.25, 0.3) is 10.9 Å². The fourth-order valence-corrected chi connectivity index (χ4v) is 3.95. The van der Waals surface area contributed by atoms with Crippen LogP contribution in [0.15, 0.2) is 30.3 Å². The van der Waals surface area contributed by atoms with Crippen LogP contribution in [-0.2, 0) is 7.05 Å². The number of amides is 1. The Morgan fingerprint density at radius 1 is 1.23 bits per heavy atom. The Balaban J connectivity index is 1.59. The third-order valence-corrected chi connectivity index (χ3v) is 5.31. The molecule has 0 saturated carbocycles. The van der Waals surface area contributed by atoms with Crippen molar-refractivity contribution in [1.82, 2.24) is 19.2 Å². The number of methoxy groups -OCH3 is 1. The minimum atomic E-state index is 0.0756. The lowest BCUT2D eigenvalue weighted by atomic mass is 10.2. The van der Waals surface area contributed by atoms with Gasteiger partial charge in [-0.1, -0.05) is 0 Å². The summed E-state index contributed by atoms with van der Waals surface area (Å²) in [5, 5.41) is 5.64. The summed E-state index contributed by atoms with van der Waals surface area (Å²) in [6, 6.07) is 10.2. The first-order chi connectivity index (χ1) is 12.5. The molecule has 0 bridgehead atoms. The second kappa shape index (κ2) is 6.20. The Kier molecular flexibility index (Phi) is 3.98. The van der Waals surface area contributed by atoms with Crippen LogP contribution in [-0.4, -0.2) is 45.4 Å². The molecular formula is C20H24N4O2. The predicted octanol–water partition coefficient (Wildman–Crippen LogP) is 3.09. The summed E-state index contributed by atoms with van der Waals surface area (Å²) in [7, 11) is 3.59. The first-order valence-corrected chi connectivity index (χ1v) is 8.93. The van der Waals surface area contributed by atoms with Gasteiger partial charge in [0.2, 0.25) is 0 Å². The van der Waals surface area contributed by atoms with E-state index in [9.17, 15) is 4.79 Å². The van der Waals surface area contributed by atoms with Crippen LogP contribution in [0.4, 0.5) is 0 Å². The average molecular weight is 352 g/mol. The van der Waals surface area contributed by atoms with E-state index in [1.807, 2.05) is 47.7 Å². The van der Waals surface area contributed by atoms with Crippen molar-refractivity contribution in [3.63, 3.8) is 0 Å². The molecule has 26 heavy (non-hydrogen) atoms. The van der Waals surface area contributed by atoms with Gasteiger partial charge in [-0.25, -0.2) is 0 Å². The monoisotopic (exact) mass is 352 g/mol. The van der Waals surface area contributed by atoms with Crippen LogP contribution in [0.3, 0.4) is 0 Å². The predicted molar refractivity (Wildman–Crippen MR) is 101 cm³/mol. The van der Waals surface area contributed by atoms with E-state index in [4.69, 9.17) is 4.74 Å². The molecule has 6 heteroatoms. The van der Waals surface area contributed by atoms with Gasteiger partial charge in [-0.3, -0.25) is 9.48 Å². The van der Waals surface area contributed by atoms with Crippen LogP contribution in [0.5, 0.6) is 5.75 Å². The number of aryl methyl sites for hydroxylation is 3.